The summed E-state index contributed by atoms with van der Waals surface area (Å²) in [6.45, 7) is 0.988. The number of rotatable bonds is 3. The number of alkyl halides is 1. The maximum Gasteiger partial charge on any atom is 0.226 e. The molecule has 0 unspecified atom stereocenters. The van der Waals surface area contributed by atoms with Crippen LogP contribution in [0.2, 0.25) is 0 Å². The van der Waals surface area contributed by atoms with Crippen LogP contribution in [0.5, 0.6) is 0 Å². The van der Waals surface area contributed by atoms with Gasteiger partial charge in [0.15, 0.2) is 0 Å². The van der Waals surface area contributed by atoms with Crippen molar-refractivity contribution >= 4 is 28.5 Å². The van der Waals surface area contributed by atoms with Crippen molar-refractivity contribution in [2.45, 2.75) is 25.3 Å². The molecule has 0 spiro atoms. The molecular formula is C15H18INO. The van der Waals surface area contributed by atoms with Crippen LogP contribution in [0.15, 0.2) is 30.3 Å². The zero-order valence-electron chi connectivity index (χ0n) is 10.4. The van der Waals surface area contributed by atoms with E-state index in [-0.39, 0.29) is 5.92 Å². The van der Waals surface area contributed by atoms with Crippen molar-refractivity contribution in [3.05, 3.63) is 35.9 Å². The first-order valence-electron chi connectivity index (χ1n) is 6.71. The summed E-state index contributed by atoms with van der Waals surface area (Å²) in [4.78, 5) is 14.6. The summed E-state index contributed by atoms with van der Waals surface area (Å²) < 4.78 is 1.10. The Hall–Kier alpha value is -0.580. The number of halogens is 1. The van der Waals surface area contributed by atoms with Gasteiger partial charge in [0.2, 0.25) is 5.91 Å². The lowest BCUT2D eigenvalue weighted by atomic mass is 9.86. The van der Waals surface area contributed by atoms with Crippen molar-refractivity contribution in [1.82, 2.24) is 4.90 Å². The highest BCUT2D eigenvalue weighted by Crippen LogP contribution is 2.40. The number of carbonyl (C=O) groups excluding carboxylic acids is 1. The molecule has 0 saturated carbocycles. The van der Waals surface area contributed by atoms with Gasteiger partial charge in [-0.3, -0.25) is 4.79 Å². The number of fused-ring (bicyclic) bond motifs is 1. The summed E-state index contributed by atoms with van der Waals surface area (Å²) in [7, 11) is 0. The van der Waals surface area contributed by atoms with Gasteiger partial charge in [-0.05, 0) is 24.8 Å². The zero-order chi connectivity index (χ0) is 12.5. The lowest BCUT2D eigenvalue weighted by Crippen LogP contribution is -2.29. The molecule has 0 aromatic heterocycles. The highest BCUT2D eigenvalue weighted by Gasteiger charge is 2.48. The molecule has 2 fully saturated rings. The maximum absolute atomic E-state index is 12.5. The second-order valence-electron chi connectivity index (χ2n) is 5.36. The number of benzene rings is 1. The van der Waals surface area contributed by atoms with Crippen LogP contribution in [-0.2, 0) is 11.2 Å². The maximum atomic E-state index is 12.5. The van der Waals surface area contributed by atoms with E-state index in [1.807, 2.05) is 6.07 Å². The Morgan fingerprint density at radius 2 is 2.06 bits per heavy atom. The Kier molecular flexibility index (Phi) is 3.59. The standard InChI is InChI=1S/C15H18INO/c16-10-13-12(9-11-5-2-1-3-6-11)15(18)17-8-4-7-14(13)17/h1-3,5-6,12-14H,4,7-10H2/t12-,13-,14+/m1/s1. The van der Waals surface area contributed by atoms with Gasteiger partial charge in [0.1, 0.15) is 0 Å². The van der Waals surface area contributed by atoms with E-state index >= 15 is 0 Å². The number of carbonyl (C=O) groups is 1. The Morgan fingerprint density at radius 1 is 1.28 bits per heavy atom. The number of amides is 1. The van der Waals surface area contributed by atoms with Gasteiger partial charge >= 0.3 is 0 Å². The molecule has 96 valence electrons. The summed E-state index contributed by atoms with van der Waals surface area (Å²) in [6.07, 6.45) is 3.33. The molecule has 1 amide bonds. The second kappa shape index (κ2) is 5.19. The number of hydrogen-bond acceptors (Lipinski definition) is 1. The van der Waals surface area contributed by atoms with Gasteiger partial charge in [0.25, 0.3) is 0 Å². The van der Waals surface area contributed by atoms with Crippen molar-refractivity contribution in [3.63, 3.8) is 0 Å². The third-order valence-corrected chi connectivity index (χ3v) is 5.40. The van der Waals surface area contributed by atoms with Crippen LogP contribution < -0.4 is 0 Å². The molecule has 2 heterocycles. The molecule has 3 heteroatoms. The van der Waals surface area contributed by atoms with E-state index in [0.717, 1.165) is 17.4 Å². The smallest absolute Gasteiger partial charge is 0.226 e. The zero-order valence-corrected chi connectivity index (χ0v) is 12.5. The summed E-state index contributed by atoms with van der Waals surface area (Å²) in [6, 6.07) is 11.0. The summed E-state index contributed by atoms with van der Waals surface area (Å²) in [5.41, 5.74) is 1.30. The highest BCUT2D eigenvalue weighted by atomic mass is 127. The third-order valence-electron chi connectivity index (χ3n) is 4.39. The van der Waals surface area contributed by atoms with E-state index < -0.39 is 0 Å². The monoisotopic (exact) mass is 355 g/mol. The van der Waals surface area contributed by atoms with E-state index in [2.05, 4.69) is 51.8 Å². The molecule has 18 heavy (non-hydrogen) atoms. The van der Waals surface area contributed by atoms with Crippen LogP contribution in [-0.4, -0.2) is 27.8 Å². The number of hydrogen-bond donors (Lipinski definition) is 0. The quantitative estimate of drug-likeness (QED) is 0.603. The molecule has 2 aliphatic rings. The SMILES string of the molecule is O=C1[C@H](Cc2ccccc2)[C@@H](CI)[C@@H]2CCCN12. The predicted molar refractivity (Wildman–Crippen MR) is 80.7 cm³/mol. The lowest BCUT2D eigenvalue weighted by Gasteiger charge is -2.19. The molecular weight excluding hydrogens is 337 g/mol. The molecule has 0 radical (unpaired) electrons. The minimum atomic E-state index is 0.217. The summed E-state index contributed by atoms with van der Waals surface area (Å²) >= 11 is 2.45. The van der Waals surface area contributed by atoms with E-state index in [9.17, 15) is 4.79 Å². The van der Waals surface area contributed by atoms with Crippen molar-refractivity contribution in [2.24, 2.45) is 11.8 Å². The molecule has 3 atom stereocenters. The first kappa shape index (κ1) is 12.5. The van der Waals surface area contributed by atoms with E-state index in [1.54, 1.807) is 0 Å². The van der Waals surface area contributed by atoms with Crippen LogP contribution >= 0.6 is 22.6 Å². The van der Waals surface area contributed by atoms with Crippen molar-refractivity contribution in [1.29, 1.82) is 0 Å². The Morgan fingerprint density at radius 3 is 2.78 bits per heavy atom. The van der Waals surface area contributed by atoms with Crippen molar-refractivity contribution < 1.29 is 4.79 Å². The van der Waals surface area contributed by atoms with Gasteiger partial charge in [-0.1, -0.05) is 52.9 Å². The molecule has 0 N–H and O–H groups in total. The van der Waals surface area contributed by atoms with Gasteiger partial charge in [-0.2, -0.15) is 0 Å². The number of nitrogens with zero attached hydrogens (tertiary/aromatic N) is 1. The van der Waals surface area contributed by atoms with Crippen LogP contribution in [0.25, 0.3) is 0 Å². The van der Waals surface area contributed by atoms with E-state index in [1.165, 1.54) is 18.4 Å². The minimum absolute atomic E-state index is 0.217. The fraction of sp³-hybridized carbons (Fsp3) is 0.533. The minimum Gasteiger partial charge on any atom is -0.339 e. The lowest BCUT2D eigenvalue weighted by molar-refractivity contribution is -0.131. The largest absolute Gasteiger partial charge is 0.339 e. The topological polar surface area (TPSA) is 20.3 Å². The Bertz CT molecular complexity index is 433. The predicted octanol–water partition coefficient (Wildman–Crippen LogP) is 2.90. The van der Waals surface area contributed by atoms with E-state index in [4.69, 9.17) is 0 Å². The van der Waals surface area contributed by atoms with Crippen LogP contribution in [0, 0.1) is 11.8 Å². The van der Waals surface area contributed by atoms with Gasteiger partial charge < -0.3 is 4.90 Å². The van der Waals surface area contributed by atoms with Crippen LogP contribution in [0.1, 0.15) is 18.4 Å². The van der Waals surface area contributed by atoms with Gasteiger partial charge in [-0.25, -0.2) is 0 Å². The molecule has 2 nitrogen and oxygen atoms in total. The molecule has 0 aliphatic carbocycles. The first-order valence-corrected chi connectivity index (χ1v) is 8.24. The van der Waals surface area contributed by atoms with Crippen molar-refractivity contribution in [2.75, 3.05) is 11.0 Å². The molecule has 1 aromatic carbocycles. The third kappa shape index (κ3) is 2.06. The molecule has 3 rings (SSSR count). The highest BCUT2D eigenvalue weighted by molar-refractivity contribution is 14.1. The Balaban J connectivity index is 1.81. The van der Waals surface area contributed by atoms with E-state index in [0.29, 0.717) is 17.9 Å². The average molecular weight is 355 g/mol. The summed E-state index contributed by atoms with van der Waals surface area (Å²) in [5.74, 6) is 1.18. The molecule has 1 aromatic rings. The van der Waals surface area contributed by atoms with Crippen LogP contribution in [0.4, 0.5) is 0 Å². The van der Waals surface area contributed by atoms with Crippen molar-refractivity contribution in [3.8, 4) is 0 Å². The van der Waals surface area contributed by atoms with Gasteiger partial charge in [0, 0.05) is 28.8 Å². The molecule has 2 aliphatic heterocycles. The average Bonchev–Trinajstić information content (AvgIpc) is 2.95. The van der Waals surface area contributed by atoms with Gasteiger partial charge in [0.05, 0.1) is 0 Å². The molecule has 0 bridgehead atoms. The first-order chi connectivity index (χ1) is 8.81. The normalized spacial score (nSPS) is 30.8. The second-order valence-corrected chi connectivity index (χ2v) is 6.24. The Labute approximate surface area is 122 Å². The van der Waals surface area contributed by atoms with Crippen LogP contribution in [0.3, 0.4) is 0 Å². The molecule has 2 saturated heterocycles. The fourth-order valence-electron chi connectivity index (χ4n) is 3.49. The fourth-order valence-corrected chi connectivity index (χ4v) is 4.69. The van der Waals surface area contributed by atoms with Gasteiger partial charge in [-0.15, -0.1) is 0 Å². The summed E-state index contributed by atoms with van der Waals surface area (Å²) in [5, 5.41) is 0.